The van der Waals surface area contributed by atoms with Crippen molar-refractivity contribution in [3.05, 3.63) is 61.6 Å². The molecule has 0 N–H and O–H groups in total. The van der Waals surface area contributed by atoms with Gasteiger partial charge in [-0.2, -0.15) is 0 Å². The molecule has 0 aromatic heterocycles. The van der Waals surface area contributed by atoms with Gasteiger partial charge in [0.15, 0.2) is 0 Å². The Labute approximate surface area is 137 Å². The monoisotopic (exact) mass is 419 g/mol. The largest absolute Gasteiger partial charge is 0.456 e. The predicted molar refractivity (Wildman–Crippen MR) is 85.0 cm³/mol. The highest BCUT2D eigenvalue weighted by atomic mass is 79.9. The summed E-state index contributed by atoms with van der Waals surface area (Å²) in [6, 6.07) is 9.62. The molecule has 2 rings (SSSR count). The highest BCUT2D eigenvalue weighted by molar-refractivity contribution is 9.10. The Balaban J connectivity index is 2.35. The summed E-state index contributed by atoms with van der Waals surface area (Å²) in [4.78, 5) is 10.3. The first-order valence-electron chi connectivity index (χ1n) is 5.47. The zero-order valence-corrected chi connectivity index (χ0v) is 13.9. The third-order valence-electron chi connectivity index (χ3n) is 2.51. The first-order valence-corrected chi connectivity index (χ1v) is 7.76. The minimum atomic E-state index is -0.436. The summed E-state index contributed by atoms with van der Waals surface area (Å²) >= 11 is 12.5. The van der Waals surface area contributed by atoms with Crippen molar-refractivity contribution >= 4 is 49.1 Å². The Bertz CT molecular complexity index is 664. The topological polar surface area (TPSA) is 52.4 Å². The maximum atomic E-state index is 10.8. The lowest BCUT2D eigenvalue weighted by Crippen LogP contribution is -1.94. The molecule has 0 aliphatic rings. The van der Waals surface area contributed by atoms with Gasteiger partial charge in [0.05, 0.1) is 9.40 Å². The Morgan fingerprint density at radius 3 is 2.50 bits per heavy atom. The molecule has 0 spiro atoms. The van der Waals surface area contributed by atoms with E-state index in [1.165, 1.54) is 12.1 Å². The first kappa shape index (κ1) is 15.3. The molecule has 0 atom stereocenters. The molecule has 0 unspecified atom stereocenters. The highest BCUT2D eigenvalue weighted by Crippen LogP contribution is 2.35. The zero-order chi connectivity index (χ0) is 14.7. The molecule has 0 heterocycles. The van der Waals surface area contributed by atoms with Crippen molar-refractivity contribution in [3.63, 3.8) is 0 Å². The van der Waals surface area contributed by atoms with Gasteiger partial charge < -0.3 is 4.74 Å². The van der Waals surface area contributed by atoms with E-state index in [0.717, 1.165) is 0 Å². The van der Waals surface area contributed by atoms with Crippen LogP contribution in [0.2, 0.25) is 5.02 Å². The molecule has 0 saturated carbocycles. The van der Waals surface area contributed by atoms with Crippen LogP contribution in [0.5, 0.6) is 11.5 Å². The Morgan fingerprint density at radius 1 is 1.20 bits per heavy atom. The molecule has 0 bridgehead atoms. The summed E-state index contributed by atoms with van der Waals surface area (Å²) in [5.74, 6) is 1.14. The van der Waals surface area contributed by atoms with Gasteiger partial charge in [-0.05, 0) is 40.2 Å². The van der Waals surface area contributed by atoms with Crippen molar-refractivity contribution in [3.8, 4) is 11.5 Å². The van der Waals surface area contributed by atoms with Crippen LogP contribution in [-0.4, -0.2) is 4.92 Å². The summed E-state index contributed by atoms with van der Waals surface area (Å²) in [6.07, 6.45) is 0. The zero-order valence-electron chi connectivity index (χ0n) is 9.98. The molecule has 20 heavy (non-hydrogen) atoms. The second-order valence-corrected chi connectivity index (χ2v) is 5.71. The number of halogens is 3. The lowest BCUT2D eigenvalue weighted by atomic mass is 10.2. The van der Waals surface area contributed by atoms with Crippen molar-refractivity contribution in [1.29, 1.82) is 0 Å². The SMILES string of the molecule is O=[N+]([O-])c1ccc(Oc2ccc(Cl)cc2Br)c(CBr)c1. The molecule has 0 radical (unpaired) electrons. The molecule has 4 nitrogen and oxygen atoms in total. The van der Waals surface area contributed by atoms with Crippen LogP contribution >= 0.6 is 43.5 Å². The molecule has 2 aromatic carbocycles. The van der Waals surface area contributed by atoms with Crippen LogP contribution < -0.4 is 4.74 Å². The fourth-order valence-corrected chi connectivity index (χ4v) is 2.76. The summed E-state index contributed by atoms with van der Waals surface area (Å²) in [5.41, 5.74) is 0.725. The second kappa shape index (κ2) is 6.56. The summed E-state index contributed by atoms with van der Waals surface area (Å²) in [7, 11) is 0. The van der Waals surface area contributed by atoms with E-state index in [1.54, 1.807) is 24.3 Å². The third kappa shape index (κ3) is 3.50. The molecule has 0 amide bonds. The van der Waals surface area contributed by atoms with Gasteiger partial charge in [-0.25, -0.2) is 0 Å². The van der Waals surface area contributed by atoms with Crippen LogP contribution in [0.4, 0.5) is 5.69 Å². The summed E-state index contributed by atoms with van der Waals surface area (Å²) in [6.45, 7) is 0. The van der Waals surface area contributed by atoms with Crippen molar-refractivity contribution < 1.29 is 9.66 Å². The van der Waals surface area contributed by atoms with Crippen LogP contribution in [-0.2, 0) is 5.33 Å². The van der Waals surface area contributed by atoms with Crippen molar-refractivity contribution in [2.24, 2.45) is 0 Å². The molecular formula is C13H8Br2ClNO3. The van der Waals surface area contributed by atoms with E-state index in [9.17, 15) is 10.1 Å². The number of ether oxygens (including phenoxy) is 1. The number of nitro benzene ring substituents is 1. The van der Waals surface area contributed by atoms with E-state index in [-0.39, 0.29) is 5.69 Å². The van der Waals surface area contributed by atoms with Gasteiger partial charge in [-0.15, -0.1) is 0 Å². The van der Waals surface area contributed by atoms with Gasteiger partial charge in [0.2, 0.25) is 0 Å². The van der Waals surface area contributed by atoms with Gasteiger partial charge >= 0.3 is 0 Å². The number of alkyl halides is 1. The standard InChI is InChI=1S/C13H8Br2ClNO3/c14-7-8-5-10(17(18)19)2-4-12(8)20-13-3-1-9(16)6-11(13)15/h1-6H,7H2. The normalized spacial score (nSPS) is 10.3. The van der Waals surface area contributed by atoms with Crippen LogP contribution in [0.1, 0.15) is 5.56 Å². The number of hydrogen-bond acceptors (Lipinski definition) is 3. The van der Waals surface area contributed by atoms with Gasteiger partial charge in [0.1, 0.15) is 11.5 Å². The van der Waals surface area contributed by atoms with E-state index < -0.39 is 4.92 Å². The lowest BCUT2D eigenvalue weighted by molar-refractivity contribution is -0.384. The summed E-state index contributed by atoms with van der Waals surface area (Å²) in [5, 5.41) is 11.8. The van der Waals surface area contributed by atoms with Crippen LogP contribution in [0.3, 0.4) is 0 Å². The highest BCUT2D eigenvalue weighted by Gasteiger charge is 2.12. The molecular weight excluding hydrogens is 413 g/mol. The molecule has 0 aliphatic carbocycles. The van der Waals surface area contributed by atoms with E-state index in [0.29, 0.717) is 31.9 Å². The average Bonchev–Trinajstić information content (AvgIpc) is 2.42. The molecule has 104 valence electrons. The van der Waals surface area contributed by atoms with Crippen molar-refractivity contribution in [2.75, 3.05) is 0 Å². The number of benzene rings is 2. The van der Waals surface area contributed by atoms with Crippen LogP contribution in [0.15, 0.2) is 40.9 Å². The maximum absolute atomic E-state index is 10.8. The third-order valence-corrected chi connectivity index (χ3v) is 3.97. The Kier molecular flexibility index (Phi) is 5.01. The van der Waals surface area contributed by atoms with E-state index >= 15 is 0 Å². The average molecular weight is 421 g/mol. The molecule has 0 fully saturated rings. The van der Waals surface area contributed by atoms with Gasteiger partial charge in [-0.3, -0.25) is 10.1 Å². The smallest absolute Gasteiger partial charge is 0.270 e. The number of nitrogens with zero attached hydrogens (tertiary/aromatic N) is 1. The number of rotatable bonds is 4. The summed E-state index contributed by atoms with van der Waals surface area (Å²) < 4.78 is 6.47. The fourth-order valence-electron chi connectivity index (χ4n) is 1.56. The van der Waals surface area contributed by atoms with E-state index in [1.807, 2.05) is 0 Å². The molecule has 7 heteroatoms. The maximum Gasteiger partial charge on any atom is 0.270 e. The minimum Gasteiger partial charge on any atom is -0.456 e. The Morgan fingerprint density at radius 2 is 1.90 bits per heavy atom. The van der Waals surface area contributed by atoms with Gasteiger partial charge in [0.25, 0.3) is 5.69 Å². The predicted octanol–water partition coefficient (Wildman–Crippen LogP) is 5.70. The van der Waals surface area contributed by atoms with E-state index in [4.69, 9.17) is 16.3 Å². The van der Waals surface area contributed by atoms with Crippen molar-refractivity contribution in [2.45, 2.75) is 5.33 Å². The van der Waals surface area contributed by atoms with Crippen molar-refractivity contribution in [1.82, 2.24) is 0 Å². The second-order valence-electron chi connectivity index (χ2n) is 3.86. The molecule has 0 saturated heterocycles. The van der Waals surface area contributed by atoms with Gasteiger partial charge in [0, 0.05) is 28.0 Å². The first-order chi connectivity index (χ1) is 9.51. The molecule has 2 aromatic rings. The molecule has 0 aliphatic heterocycles. The van der Waals surface area contributed by atoms with E-state index in [2.05, 4.69) is 31.9 Å². The minimum absolute atomic E-state index is 0.0296. The van der Waals surface area contributed by atoms with Crippen LogP contribution in [0.25, 0.3) is 0 Å². The quantitative estimate of drug-likeness (QED) is 0.362. The lowest BCUT2D eigenvalue weighted by Gasteiger charge is -2.11. The van der Waals surface area contributed by atoms with Gasteiger partial charge in [-0.1, -0.05) is 27.5 Å². The number of non-ortho nitro benzene ring substituents is 1. The fraction of sp³-hybridized carbons (Fsp3) is 0.0769. The Hall–Kier alpha value is -1.11. The number of hydrogen-bond donors (Lipinski definition) is 0. The van der Waals surface area contributed by atoms with Crippen LogP contribution in [0, 0.1) is 10.1 Å². The number of nitro groups is 1.